The summed E-state index contributed by atoms with van der Waals surface area (Å²) in [5, 5.41) is 14.7. The fourth-order valence-electron chi connectivity index (χ4n) is 0.839. The zero-order chi connectivity index (χ0) is 13.5. The maximum atomic E-state index is 10.6. The van der Waals surface area contributed by atoms with Crippen molar-refractivity contribution in [2.45, 2.75) is 19.4 Å². The molecule has 0 bridgehead atoms. The first-order valence-corrected chi connectivity index (χ1v) is 5.35. The van der Waals surface area contributed by atoms with Crippen LogP contribution in [-0.4, -0.2) is 25.7 Å². The zero-order valence-corrected chi connectivity index (χ0v) is 11.1. The van der Waals surface area contributed by atoms with Crippen molar-refractivity contribution in [3.05, 3.63) is 29.3 Å². The summed E-state index contributed by atoms with van der Waals surface area (Å²) in [6, 6.07) is 6.46. The highest BCUT2D eigenvalue weighted by atomic mass is 35.5. The van der Waals surface area contributed by atoms with Crippen LogP contribution in [0.15, 0.2) is 24.3 Å². The standard InChI is InChI=1S/C10H11ClO3.C2H6N/c1-10(2,9(12)13)14-8-5-3-7(11)4-6-8;1-3-2/h3-6H,1-2H3,(H,12,13);1-2H3/q;+1/p-1. The highest BCUT2D eigenvalue weighted by molar-refractivity contribution is 6.30. The van der Waals surface area contributed by atoms with Crippen molar-refractivity contribution in [2.24, 2.45) is 0 Å². The molecule has 17 heavy (non-hydrogen) atoms. The van der Waals surface area contributed by atoms with Gasteiger partial charge in [-0.25, -0.2) is 0 Å². The van der Waals surface area contributed by atoms with Gasteiger partial charge in [0.15, 0.2) is 14.1 Å². The highest BCUT2D eigenvalue weighted by Crippen LogP contribution is 2.20. The lowest BCUT2D eigenvalue weighted by Crippen LogP contribution is -2.47. The molecule has 2 radical (unpaired) electrons. The SMILES string of the molecule is CC(C)(Oc1ccc(Cl)cc1)C(=O)[O-].C[N+]C. The number of aliphatic carboxylic acids is 1. The molecule has 4 nitrogen and oxygen atoms in total. The summed E-state index contributed by atoms with van der Waals surface area (Å²) in [6.07, 6.45) is 0. The Kier molecular flexibility index (Phi) is 6.61. The minimum absolute atomic E-state index is 0.448. The molecule has 0 fully saturated rings. The van der Waals surface area contributed by atoms with Gasteiger partial charge in [0.1, 0.15) is 11.4 Å². The van der Waals surface area contributed by atoms with Gasteiger partial charge in [0.05, 0.1) is 11.3 Å². The molecule has 0 aliphatic carbocycles. The Morgan fingerprint density at radius 3 is 2.06 bits per heavy atom. The number of carbonyl (C=O) groups excluding carboxylic acids is 1. The Labute approximate surface area is 107 Å². The van der Waals surface area contributed by atoms with Gasteiger partial charge in [-0.15, -0.1) is 0 Å². The van der Waals surface area contributed by atoms with Gasteiger partial charge in [0.2, 0.25) is 0 Å². The number of ether oxygens (including phenoxy) is 1. The average Bonchev–Trinajstić information content (AvgIpc) is 2.22. The molecule has 0 aromatic heterocycles. The Bertz CT molecular complexity index is 349. The van der Waals surface area contributed by atoms with E-state index in [9.17, 15) is 9.90 Å². The Balaban J connectivity index is 0.000000770. The van der Waals surface area contributed by atoms with Crippen LogP contribution in [0.3, 0.4) is 0 Å². The van der Waals surface area contributed by atoms with Crippen LogP contribution in [0.25, 0.3) is 0 Å². The number of nitrogens with zero attached hydrogens (tertiary/aromatic N) is 1. The van der Waals surface area contributed by atoms with Crippen molar-refractivity contribution >= 4 is 17.6 Å². The second-order valence-electron chi connectivity index (χ2n) is 3.80. The number of rotatable bonds is 3. The molecule has 0 aliphatic rings. The summed E-state index contributed by atoms with van der Waals surface area (Å²) in [5.41, 5.74) is -1.34. The number of halogens is 1. The summed E-state index contributed by atoms with van der Waals surface area (Å²) in [6.45, 7) is 2.86. The van der Waals surface area contributed by atoms with Crippen LogP contribution < -0.4 is 15.2 Å². The fraction of sp³-hybridized carbons (Fsp3) is 0.417. The molecule has 0 N–H and O–H groups in total. The minimum atomic E-state index is -1.34. The monoisotopic (exact) mass is 257 g/mol. The number of hydrogen-bond acceptors (Lipinski definition) is 3. The van der Waals surface area contributed by atoms with Gasteiger partial charge in [-0.2, -0.15) is 0 Å². The van der Waals surface area contributed by atoms with E-state index >= 15 is 0 Å². The van der Waals surface area contributed by atoms with Crippen molar-refractivity contribution in [3.8, 4) is 5.75 Å². The van der Waals surface area contributed by atoms with E-state index in [1.165, 1.54) is 13.8 Å². The Hall–Kier alpha value is -1.26. The molecule has 1 aromatic rings. The number of carboxylic acid groups (broad SMARTS) is 1. The fourth-order valence-corrected chi connectivity index (χ4v) is 0.965. The first-order chi connectivity index (χ1) is 7.83. The molecular weight excluding hydrogens is 242 g/mol. The maximum absolute atomic E-state index is 10.6. The molecule has 94 valence electrons. The quantitative estimate of drug-likeness (QED) is 0.815. The first-order valence-electron chi connectivity index (χ1n) is 4.97. The van der Waals surface area contributed by atoms with E-state index in [4.69, 9.17) is 16.3 Å². The van der Waals surface area contributed by atoms with Crippen LogP contribution >= 0.6 is 11.6 Å². The zero-order valence-electron chi connectivity index (χ0n) is 10.4. The molecule has 1 aromatic carbocycles. The van der Waals surface area contributed by atoms with E-state index in [-0.39, 0.29) is 0 Å². The Morgan fingerprint density at radius 2 is 1.71 bits per heavy atom. The lowest BCUT2D eigenvalue weighted by molar-refractivity contribution is -0.320. The topological polar surface area (TPSA) is 63.5 Å². The van der Waals surface area contributed by atoms with Crippen LogP contribution in [0, 0.1) is 0 Å². The molecule has 0 atom stereocenters. The molecule has 0 aliphatic heterocycles. The van der Waals surface area contributed by atoms with Crippen molar-refractivity contribution in [1.29, 1.82) is 0 Å². The molecule has 0 spiro atoms. The van der Waals surface area contributed by atoms with Gasteiger partial charge >= 0.3 is 0 Å². The molecule has 0 unspecified atom stereocenters. The number of benzene rings is 1. The highest BCUT2D eigenvalue weighted by Gasteiger charge is 2.21. The van der Waals surface area contributed by atoms with Crippen LogP contribution in [0.4, 0.5) is 0 Å². The van der Waals surface area contributed by atoms with Gasteiger partial charge < -0.3 is 14.6 Å². The summed E-state index contributed by atoms with van der Waals surface area (Å²) in [7, 11) is 3.50. The molecule has 0 amide bonds. The third-order valence-corrected chi connectivity index (χ3v) is 1.93. The number of hydrogen-bond donors (Lipinski definition) is 0. The third kappa shape index (κ3) is 6.14. The molecule has 5 heteroatoms. The second-order valence-corrected chi connectivity index (χ2v) is 4.24. The molecule has 1 rings (SSSR count). The maximum Gasteiger partial charge on any atom is 0.173 e. The lowest BCUT2D eigenvalue weighted by atomic mass is 10.1. The van der Waals surface area contributed by atoms with Gasteiger partial charge in [-0.3, -0.25) is 0 Å². The molecule has 0 heterocycles. The van der Waals surface area contributed by atoms with Crippen molar-refractivity contribution < 1.29 is 14.6 Å². The van der Waals surface area contributed by atoms with Gasteiger partial charge in [-0.1, -0.05) is 11.6 Å². The first kappa shape index (κ1) is 15.7. The van der Waals surface area contributed by atoms with E-state index < -0.39 is 11.6 Å². The summed E-state index contributed by atoms with van der Waals surface area (Å²) >= 11 is 5.66. The summed E-state index contributed by atoms with van der Waals surface area (Å²) in [4.78, 5) is 10.6. The predicted octanol–water partition coefficient (Wildman–Crippen LogP) is 1.10. The third-order valence-electron chi connectivity index (χ3n) is 1.68. The van der Waals surface area contributed by atoms with Crippen molar-refractivity contribution in [1.82, 2.24) is 5.32 Å². The molecule has 0 saturated carbocycles. The van der Waals surface area contributed by atoms with Crippen LogP contribution in [0.1, 0.15) is 13.8 Å². The average molecular weight is 258 g/mol. The smallest absolute Gasteiger partial charge is 0.173 e. The van der Waals surface area contributed by atoms with E-state index in [1.807, 2.05) is 0 Å². The van der Waals surface area contributed by atoms with Crippen LogP contribution in [0.2, 0.25) is 5.02 Å². The van der Waals surface area contributed by atoms with Crippen molar-refractivity contribution in [3.63, 3.8) is 0 Å². The van der Waals surface area contributed by atoms with E-state index in [0.717, 1.165) is 0 Å². The number of carboxylic acids is 1. The van der Waals surface area contributed by atoms with Crippen LogP contribution in [0.5, 0.6) is 5.75 Å². The van der Waals surface area contributed by atoms with E-state index in [0.29, 0.717) is 10.8 Å². The molecule has 0 saturated heterocycles. The van der Waals surface area contributed by atoms with Gasteiger partial charge in [-0.05, 0) is 38.1 Å². The largest absolute Gasteiger partial charge is 0.546 e. The van der Waals surface area contributed by atoms with Crippen molar-refractivity contribution in [2.75, 3.05) is 14.1 Å². The van der Waals surface area contributed by atoms with E-state index in [1.54, 1.807) is 38.4 Å². The van der Waals surface area contributed by atoms with Gasteiger partial charge in [0, 0.05) is 5.02 Å². The predicted molar refractivity (Wildman–Crippen MR) is 65.1 cm³/mol. The van der Waals surface area contributed by atoms with Gasteiger partial charge in [0.25, 0.3) is 0 Å². The minimum Gasteiger partial charge on any atom is -0.546 e. The number of carbonyl (C=O) groups is 1. The van der Waals surface area contributed by atoms with E-state index in [2.05, 4.69) is 5.32 Å². The summed E-state index contributed by atoms with van der Waals surface area (Å²) in [5.74, 6) is -0.809. The lowest BCUT2D eigenvalue weighted by Gasteiger charge is -2.27. The van der Waals surface area contributed by atoms with Crippen LogP contribution in [-0.2, 0) is 4.79 Å². The molecular formula is C12H16ClNO3. The second kappa shape index (κ2) is 7.14. The normalized spacial score (nSPS) is 10.2. The summed E-state index contributed by atoms with van der Waals surface area (Å²) < 4.78 is 5.20. The Morgan fingerprint density at radius 1 is 1.29 bits per heavy atom.